The molecule has 2 atom stereocenters. The van der Waals surface area contributed by atoms with Crippen molar-refractivity contribution in [3.8, 4) is 12.1 Å². The van der Waals surface area contributed by atoms with Gasteiger partial charge in [0.2, 0.25) is 0 Å². The standard InChI is InChI=1S/C24H23FN6O/c1-15-13-31(16(2)12-30(15)14-19-17(10-26)5-4-6-20(19)25)22-9-23(32)29(3)21-8-7-18(11-27)28-24(21)22/h4-9,15-16H,12-14H2,1-3H3/t15-,16+/m1/s1. The van der Waals surface area contributed by atoms with Crippen molar-refractivity contribution < 1.29 is 4.39 Å². The van der Waals surface area contributed by atoms with E-state index in [-0.39, 0.29) is 23.5 Å². The second-order valence-electron chi connectivity index (χ2n) is 8.26. The van der Waals surface area contributed by atoms with Crippen LogP contribution >= 0.6 is 0 Å². The van der Waals surface area contributed by atoms with Gasteiger partial charge in [-0.25, -0.2) is 9.37 Å². The minimum absolute atomic E-state index is 0.00589. The third-order valence-corrected chi connectivity index (χ3v) is 6.21. The summed E-state index contributed by atoms with van der Waals surface area (Å²) >= 11 is 0. The quantitative estimate of drug-likeness (QED) is 0.635. The Labute approximate surface area is 185 Å². The topological polar surface area (TPSA) is 88.9 Å². The average molecular weight is 430 g/mol. The molecule has 1 aliphatic rings. The highest BCUT2D eigenvalue weighted by Gasteiger charge is 2.31. The number of aromatic nitrogens is 2. The van der Waals surface area contributed by atoms with Gasteiger partial charge in [0.1, 0.15) is 23.1 Å². The number of aryl methyl sites for hydroxylation is 1. The van der Waals surface area contributed by atoms with Crippen molar-refractivity contribution in [2.45, 2.75) is 32.5 Å². The molecule has 0 unspecified atom stereocenters. The van der Waals surface area contributed by atoms with Crippen LogP contribution in [-0.2, 0) is 13.6 Å². The number of piperazine rings is 1. The third-order valence-electron chi connectivity index (χ3n) is 6.21. The Morgan fingerprint density at radius 1 is 1.12 bits per heavy atom. The van der Waals surface area contributed by atoms with E-state index in [2.05, 4.69) is 26.9 Å². The summed E-state index contributed by atoms with van der Waals surface area (Å²) in [4.78, 5) is 21.4. The highest BCUT2D eigenvalue weighted by Crippen LogP contribution is 2.29. The van der Waals surface area contributed by atoms with Crippen LogP contribution in [0.4, 0.5) is 10.1 Å². The Morgan fingerprint density at radius 2 is 1.91 bits per heavy atom. The number of hydrogen-bond donors (Lipinski definition) is 0. The van der Waals surface area contributed by atoms with E-state index in [0.717, 1.165) is 0 Å². The van der Waals surface area contributed by atoms with E-state index in [1.165, 1.54) is 10.6 Å². The summed E-state index contributed by atoms with van der Waals surface area (Å²) in [6.07, 6.45) is 0. The number of pyridine rings is 2. The first-order valence-electron chi connectivity index (χ1n) is 10.4. The fourth-order valence-corrected chi connectivity index (χ4v) is 4.37. The maximum atomic E-state index is 14.4. The zero-order valence-electron chi connectivity index (χ0n) is 18.2. The van der Waals surface area contributed by atoms with Crippen molar-refractivity contribution in [2.24, 2.45) is 7.05 Å². The molecule has 2 aromatic heterocycles. The van der Waals surface area contributed by atoms with Crippen LogP contribution < -0.4 is 10.5 Å². The number of benzene rings is 1. The second-order valence-corrected chi connectivity index (χ2v) is 8.26. The molecule has 0 amide bonds. The average Bonchev–Trinajstić information content (AvgIpc) is 2.79. The Kier molecular flexibility index (Phi) is 5.65. The monoisotopic (exact) mass is 430 g/mol. The number of nitriles is 2. The van der Waals surface area contributed by atoms with Crippen LogP contribution in [0.5, 0.6) is 0 Å². The van der Waals surface area contributed by atoms with Gasteiger partial charge in [-0.3, -0.25) is 9.69 Å². The van der Waals surface area contributed by atoms with Crippen LogP contribution in [-0.4, -0.2) is 39.6 Å². The molecular formula is C24H23FN6O. The summed E-state index contributed by atoms with van der Waals surface area (Å²) < 4.78 is 16.0. The SMILES string of the molecule is C[C@@H]1CN(c2cc(=O)n(C)c3ccc(C#N)nc23)[C@@H](C)CN1Cc1c(F)cccc1C#N. The minimum atomic E-state index is -0.378. The fraction of sp³-hybridized carbons (Fsp3) is 0.333. The maximum Gasteiger partial charge on any atom is 0.252 e. The van der Waals surface area contributed by atoms with Gasteiger partial charge in [0.25, 0.3) is 5.56 Å². The van der Waals surface area contributed by atoms with Crippen LogP contribution in [0.15, 0.2) is 41.2 Å². The van der Waals surface area contributed by atoms with Gasteiger partial charge in [0.15, 0.2) is 0 Å². The predicted octanol–water partition coefficient (Wildman–Crippen LogP) is 2.92. The minimum Gasteiger partial charge on any atom is -0.364 e. The van der Waals surface area contributed by atoms with Crippen LogP contribution in [0.2, 0.25) is 0 Å². The smallest absolute Gasteiger partial charge is 0.252 e. The van der Waals surface area contributed by atoms with Crippen LogP contribution in [0.3, 0.4) is 0 Å². The maximum absolute atomic E-state index is 14.4. The van der Waals surface area contributed by atoms with Gasteiger partial charge in [-0.05, 0) is 38.1 Å². The highest BCUT2D eigenvalue weighted by atomic mass is 19.1. The Morgan fingerprint density at radius 3 is 2.62 bits per heavy atom. The van der Waals surface area contributed by atoms with E-state index in [4.69, 9.17) is 0 Å². The molecule has 0 radical (unpaired) electrons. The van der Waals surface area contributed by atoms with Crippen LogP contribution in [0.25, 0.3) is 11.0 Å². The summed E-state index contributed by atoms with van der Waals surface area (Å²) in [5.41, 5.74) is 2.87. The number of nitrogens with zero attached hydrogens (tertiary/aromatic N) is 6. The number of rotatable bonds is 3. The number of anilines is 1. The second kappa shape index (κ2) is 8.41. The lowest BCUT2D eigenvalue weighted by atomic mass is 10.0. The van der Waals surface area contributed by atoms with E-state index in [1.54, 1.807) is 37.4 Å². The van der Waals surface area contributed by atoms with Gasteiger partial charge in [-0.2, -0.15) is 10.5 Å². The lowest BCUT2D eigenvalue weighted by Crippen LogP contribution is -2.56. The number of halogens is 1. The first kappa shape index (κ1) is 21.5. The predicted molar refractivity (Wildman–Crippen MR) is 119 cm³/mol. The lowest BCUT2D eigenvalue weighted by molar-refractivity contribution is 0.156. The molecule has 0 spiro atoms. The molecule has 1 fully saturated rings. The van der Waals surface area contributed by atoms with E-state index in [9.17, 15) is 19.7 Å². The van der Waals surface area contributed by atoms with Gasteiger partial charge in [-0.1, -0.05) is 6.07 Å². The van der Waals surface area contributed by atoms with Crippen molar-refractivity contribution >= 4 is 16.7 Å². The molecule has 4 rings (SSSR count). The molecule has 0 saturated carbocycles. The van der Waals surface area contributed by atoms with Crippen molar-refractivity contribution in [3.05, 3.63) is 69.4 Å². The summed E-state index contributed by atoms with van der Waals surface area (Å²) in [5, 5.41) is 18.7. The third kappa shape index (κ3) is 3.70. The van der Waals surface area contributed by atoms with Crippen molar-refractivity contribution in [1.29, 1.82) is 10.5 Å². The van der Waals surface area contributed by atoms with Gasteiger partial charge >= 0.3 is 0 Å². The molecule has 7 nitrogen and oxygen atoms in total. The Balaban J connectivity index is 1.69. The molecule has 1 aliphatic heterocycles. The van der Waals surface area contributed by atoms with Crippen LogP contribution in [0, 0.1) is 28.5 Å². The highest BCUT2D eigenvalue weighted by molar-refractivity contribution is 5.89. The molecule has 8 heteroatoms. The lowest BCUT2D eigenvalue weighted by Gasteiger charge is -2.45. The summed E-state index contributed by atoms with van der Waals surface area (Å²) in [5.74, 6) is -0.378. The van der Waals surface area contributed by atoms with Gasteiger partial charge < -0.3 is 9.47 Å². The van der Waals surface area contributed by atoms with Gasteiger partial charge in [0, 0.05) is 50.4 Å². The Hall–Kier alpha value is -3.75. The molecule has 162 valence electrons. The fourth-order valence-electron chi connectivity index (χ4n) is 4.37. The normalized spacial score (nSPS) is 19.0. The molecule has 32 heavy (non-hydrogen) atoms. The van der Waals surface area contributed by atoms with Crippen molar-refractivity contribution in [2.75, 3.05) is 18.0 Å². The van der Waals surface area contributed by atoms with Gasteiger partial charge in [0.05, 0.1) is 22.8 Å². The molecule has 0 N–H and O–H groups in total. The number of hydrogen-bond acceptors (Lipinski definition) is 6. The largest absolute Gasteiger partial charge is 0.364 e. The van der Waals surface area contributed by atoms with Crippen molar-refractivity contribution in [1.82, 2.24) is 14.5 Å². The molecule has 1 saturated heterocycles. The van der Waals surface area contributed by atoms with Crippen LogP contribution in [0.1, 0.15) is 30.7 Å². The zero-order valence-corrected chi connectivity index (χ0v) is 18.2. The summed E-state index contributed by atoms with van der Waals surface area (Å²) in [7, 11) is 1.69. The molecule has 3 aromatic rings. The van der Waals surface area contributed by atoms with Crippen molar-refractivity contribution in [3.63, 3.8) is 0 Å². The first-order chi connectivity index (χ1) is 15.3. The molecular weight excluding hydrogens is 407 g/mol. The Bertz CT molecular complexity index is 1340. The summed E-state index contributed by atoms with van der Waals surface area (Å²) in [6, 6.07) is 13.7. The van der Waals surface area contributed by atoms with E-state index in [1.807, 2.05) is 13.8 Å². The van der Waals surface area contributed by atoms with E-state index < -0.39 is 0 Å². The van der Waals surface area contributed by atoms with Gasteiger partial charge in [-0.15, -0.1) is 0 Å². The zero-order chi connectivity index (χ0) is 23.0. The molecule has 3 heterocycles. The molecule has 1 aromatic carbocycles. The summed E-state index contributed by atoms with van der Waals surface area (Å²) in [6.45, 7) is 5.64. The number of fused-ring (bicyclic) bond motifs is 1. The molecule has 0 bridgehead atoms. The first-order valence-corrected chi connectivity index (χ1v) is 10.4. The van der Waals surface area contributed by atoms with E-state index in [0.29, 0.717) is 53.2 Å². The molecule has 0 aliphatic carbocycles. The van der Waals surface area contributed by atoms with E-state index >= 15 is 0 Å².